The molecule has 8 heteroatoms. The Morgan fingerprint density at radius 2 is 1.85 bits per heavy atom. The maximum absolute atomic E-state index is 12.5. The van der Waals surface area contributed by atoms with Gasteiger partial charge in [0.2, 0.25) is 0 Å². The molecule has 2 aromatic rings. The first-order chi connectivity index (χ1) is 9.38. The van der Waals surface area contributed by atoms with Crippen molar-refractivity contribution in [1.82, 2.24) is 14.8 Å². The molecular formula is C12H14BF3N3O-. The van der Waals surface area contributed by atoms with Crippen LogP contribution < -0.4 is 10.2 Å². The first kappa shape index (κ1) is 14.4. The van der Waals surface area contributed by atoms with Gasteiger partial charge in [-0.25, -0.2) is 9.67 Å². The van der Waals surface area contributed by atoms with E-state index in [9.17, 15) is 12.9 Å². The molecule has 1 heterocycles. The lowest BCUT2D eigenvalue weighted by molar-refractivity contribution is 0.282. The number of ether oxygens (including phenoxy) is 1. The van der Waals surface area contributed by atoms with Crippen molar-refractivity contribution in [3.63, 3.8) is 0 Å². The molecule has 1 aromatic carbocycles. The average molecular weight is 284 g/mol. The summed E-state index contributed by atoms with van der Waals surface area (Å²) in [5.74, 6) is 0.997. The summed E-state index contributed by atoms with van der Waals surface area (Å²) in [5, 5.41) is 4.05. The lowest BCUT2D eigenvalue weighted by Gasteiger charge is -2.15. The molecule has 4 nitrogen and oxygen atoms in total. The molecule has 0 saturated heterocycles. The van der Waals surface area contributed by atoms with Crippen molar-refractivity contribution in [2.75, 3.05) is 0 Å². The summed E-state index contributed by atoms with van der Waals surface area (Å²) in [4.78, 5) is 4.06. The minimum absolute atomic E-state index is 0.145. The number of halogens is 3. The topological polar surface area (TPSA) is 39.9 Å². The van der Waals surface area contributed by atoms with Gasteiger partial charge in [-0.2, -0.15) is 5.10 Å². The van der Waals surface area contributed by atoms with Crippen LogP contribution >= 0.6 is 0 Å². The van der Waals surface area contributed by atoms with Gasteiger partial charge in [-0.15, -0.1) is 5.46 Å². The van der Waals surface area contributed by atoms with Crippen LogP contribution in [0.2, 0.25) is 0 Å². The summed E-state index contributed by atoms with van der Waals surface area (Å²) in [6.07, 6.45) is 1.42. The first-order valence-corrected chi connectivity index (χ1v) is 6.19. The van der Waals surface area contributed by atoms with Gasteiger partial charge in [0.15, 0.2) is 5.82 Å². The van der Waals surface area contributed by atoms with Crippen molar-refractivity contribution < 1.29 is 17.7 Å². The van der Waals surface area contributed by atoms with Crippen molar-refractivity contribution in [1.29, 1.82) is 0 Å². The largest absolute Gasteiger partial charge is 0.509 e. The third kappa shape index (κ3) is 3.31. The summed E-state index contributed by atoms with van der Waals surface area (Å²) in [5.41, 5.74) is -0.636. The van der Waals surface area contributed by atoms with Crippen LogP contribution in [-0.4, -0.2) is 21.7 Å². The Kier molecular flexibility index (Phi) is 4.01. The number of benzene rings is 1. The predicted molar refractivity (Wildman–Crippen MR) is 69.9 cm³/mol. The second kappa shape index (κ2) is 5.56. The standard InChI is InChI=1S/C12H14BF3N3O/c1-9(2)19-12(17-8-18-19)7-20-11-5-3-10(4-6-11)13(14,15)16/h3-6,8-9H,7H2,1-2H3/q-1. The van der Waals surface area contributed by atoms with E-state index in [1.54, 1.807) is 4.68 Å². The highest BCUT2D eigenvalue weighted by atomic mass is 19.4. The van der Waals surface area contributed by atoms with Crippen LogP contribution in [-0.2, 0) is 6.61 Å². The zero-order chi connectivity index (χ0) is 14.8. The lowest BCUT2D eigenvalue weighted by Crippen LogP contribution is -2.33. The van der Waals surface area contributed by atoms with Crippen molar-refractivity contribution >= 4 is 12.4 Å². The maximum Gasteiger partial charge on any atom is 0.509 e. The number of hydrogen-bond donors (Lipinski definition) is 0. The molecule has 0 bridgehead atoms. The van der Waals surface area contributed by atoms with Gasteiger partial charge in [-0.3, -0.25) is 0 Å². The lowest BCUT2D eigenvalue weighted by atomic mass is 9.80. The Morgan fingerprint density at radius 3 is 2.40 bits per heavy atom. The van der Waals surface area contributed by atoms with E-state index < -0.39 is 12.4 Å². The molecule has 0 amide bonds. The highest BCUT2D eigenvalue weighted by Crippen LogP contribution is 2.15. The van der Waals surface area contributed by atoms with E-state index >= 15 is 0 Å². The van der Waals surface area contributed by atoms with E-state index in [1.165, 1.54) is 18.5 Å². The zero-order valence-electron chi connectivity index (χ0n) is 11.1. The smallest absolute Gasteiger partial charge is 0.486 e. The van der Waals surface area contributed by atoms with Gasteiger partial charge >= 0.3 is 6.98 Å². The van der Waals surface area contributed by atoms with Gasteiger partial charge in [-0.05, 0) is 26.0 Å². The molecule has 0 saturated carbocycles. The summed E-state index contributed by atoms with van der Waals surface area (Å²) >= 11 is 0. The van der Waals surface area contributed by atoms with E-state index in [-0.39, 0.29) is 12.6 Å². The van der Waals surface area contributed by atoms with Crippen LogP contribution in [0.3, 0.4) is 0 Å². The fourth-order valence-corrected chi connectivity index (χ4v) is 1.74. The Hall–Kier alpha value is -1.99. The quantitative estimate of drug-likeness (QED) is 0.792. The molecule has 0 fully saturated rings. The number of nitrogens with zero attached hydrogens (tertiary/aromatic N) is 3. The van der Waals surface area contributed by atoms with Crippen molar-refractivity contribution in [2.24, 2.45) is 0 Å². The summed E-state index contributed by atoms with van der Waals surface area (Å²) in [7, 11) is 0. The molecule has 0 aliphatic rings. The minimum Gasteiger partial charge on any atom is -0.486 e. The van der Waals surface area contributed by atoms with Gasteiger partial charge in [0, 0.05) is 6.04 Å². The van der Waals surface area contributed by atoms with E-state index in [4.69, 9.17) is 4.74 Å². The molecule has 2 rings (SSSR count). The zero-order valence-corrected chi connectivity index (χ0v) is 11.1. The van der Waals surface area contributed by atoms with Gasteiger partial charge < -0.3 is 17.7 Å². The second-order valence-electron chi connectivity index (χ2n) is 4.65. The van der Waals surface area contributed by atoms with Gasteiger partial charge in [0.25, 0.3) is 0 Å². The van der Waals surface area contributed by atoms with E-state index in [0.717, 1.165) is 12.1 Å². The Morgan fingerprint density at radius 1 is 1.20 bits per heavy atom. The predicted octanol–water partition coefficient (Wildman–Crippen LogP) is 2.49. The molecule has 1 aromatic heterocycles. The average Bonchev–Trinajstić information content (AvgIpc) is 2.84. The molecule has 0 radical (unpaired) electrons. The highest BCUT2D eigenvalue weighted by Gasteiger charge is 2.25. The van der Waals surface area contributed by atoms with Crippen molar-refractivity contribution in [2.45, 2.75) is 26.5 Å². The van der Waals surface area contributed by atoms with Gasteiger partial charge in [0.05, 0.1) is 0 Å². The highest BCUT2D eigenvalue weighted by molar-refractivity contribution is 6.73. The fourth-order valence-electron chi connectivity index (χ4n) is 1.74. The Labute approximate surface area is 114 Å². The van der Waals surface area contributed by atoms with Crippen molar-refractivity contribution in [3.8, 4) is 5.75 Å². The minimum atomic E-state index is -4.97. The van der Waals surface area contributed by atoms with Crippen LogP contribution in [0.5, 0.6) is 5.75 Å². The molecule has 0 N–H and O–H groups in total. The number of rotatable bonds is 5. The van der Waals surface area contributed by atoms with Crippen LogP contribution in [0.1, 0.15) is 25.7 Å². The van der Waals surface area contributed by atoms with Gasteiger partial charge in [-0.1, -0.05) is 12.1 Å². The molecule has 0 atom stereocenters. The second-order valence-corrected chi connectivity index (χ2v) is 4.65. The molecule has 0 spiro atoms. The molecule has 0 aliphatic carbocycles. The van der Waals surface area contributed by atoms with Crippen molar-refractivity contribution in [3.05, 3.63) is 36.4 Å². The van der Waals surface area contributed by atoms with Crippen LogP contribution in [0.25, 0.3) is 0 Å². The third-order valence-electron chi connectivity index (χ3n) is 2.76. The van der Waals surface area contributed by atoms with Crippen LogP contribution in [0.15, 0.2) is 30.6 Å². The fraction of sp³-hybridized carbons (Fsp3) is 0.333. The molecular weight excluding hydrogens is 270 g/mol. The normalized spacial score (nSPS) is 11.9. The monoisotopic (exact) mass is 284 g/mol. The number of hydrogen-bond acceptors (Lipinski definition) is 3. The summed E-state index contributed by atoms with van der Waals surface area (Å²) in [6, 6.07) is 4.79. The van der Waals surface area contributed by atoms with Crippen LogP contribution in [0.4, 0.5) is 12.9 Å². The number of aromatic nitrogens is 3. The first-order valence-electron chi connectivity index (χ1n) is 6.19. The summed E-state index contributed by atoms with van der Waals surface area (Å²) < 4.78 is 44.5. The van der Waals surface area contributed by atoms with Crippen LogP contribution in [0, 0.1) is 0 Å². The van der Waals surface area contributed by atoms with E-state index in [0.29, 0.717) is 11.6 Å². The third-order valence-corrected chi connectivity index (χ3v) is 2.76. The molecule has 0 unspecified atom stereocenters. The summed E-state index contributed by atoms with van der Waals surface area (Å²) in [6.45, 7) is -0.893. The van der Waals surface area contributed by atoms with Gasteiger partial charge in [0.1, 0.15) is 18.7 Å². The Balaban J connectivity index is 2.02. The van der Waals surface area contributed by atoms with E-state index in [2.05, 4.69) is 10.1 Å². The molecule has 20 heavy (non-hydrogen) atoms. The van der Waals surface area contributed by atoms with E-state index in [1.807, 2.05) is 13.8 Å². The molecule has 0 aliphatic heterocycles. The molecule has 108 valence electrons. The maximum atomic E-state index is 12.5. The SMILES string of the molecule is CC(C)n1ncnc1COc1ccc([B-](F)(F)F)cc1. The Bertz CT molecular complexity index is 566.